The van der Waals surface area contributed by atoms with Crippen molar-refractivity contribution in [2.45, 2.75) is 13.8 Å². The predicted molar refractivity (Wildman–Crippen MR) is 56.0 cm³/mol. The van der Waals surface area contributed by atoms with Gasteiger partial charge in [-0.1, -0.05) is 13.8 Å². The highest BCUT2D eigenvalue weighted by atomic mass is 32.1. The maximum absolute atomic E-state index is 11.1. The number of thiophene rings is 1. The Morgan fingerprint density at radius 1 is 1.57 bits per heavy atom. The summed E-state index contributed by atoms with van der Waals surface area (Å²) < 4.78 is 10.0. The van der Waals surface area contributed by atoms with E-state index in [9.17, 15) is 4.79 Å². The topological polar surface area (TPSA) is 35.5 Å². The van der Waals surface area contributed by atoms with Gasteiger partial charge in [0.1, 0.15) is 10.6 Å². The van der Waals surface area contributed by atoms with Crippen LogP contribution in [0.25, 0.3) is 0 Å². The van der Waals surface area contributed by atoms with Gasteiger partial charge in [-0.3, -0.25) is 0 Å². The van der Waals surface area contributed by atoms with E-state index in [0.29, 0.717) is 17.4 Å². The summed E-state index contributed by atoms with van der Waals surface area (Å²) in [6.45, 7) is 4.82. The Bertz CT molecular complexity index is 304. The Kier molecular flexibility index (Phi) is 3.95. The zero-order valence-corrected chi connectivity index (χ0v) is 9.39. The van der Waals surface area contributed by atoms with Crippen molar-refractivity contribution in [3.63, 3.8) is 0 Å². The molecule has 0 aliphatic rings. The van der Waals surface area contributed by atoms with Gasteiger partial charge in [0.25, 0.3) is 0 Å². The minimum atomic E-state index is -0.311. The number of hydrogen-bond donors (Lipinski definition) is 0. The van der Waals surface area contributed by atoms with Crippen LogP contribution in [0.15, 0.2) is 11.4 Å². The van der Waals surface area contributed by atoms with Crippen LogP contribution in [0.3, 0.4) is 0 Å². The summed E-state index contributed by atoms with van der Waals surface area (Å²) in [7, 11) is 1.37. The highest BCUT2D eigenvalue weighted by Gasteiger charge is 2.09. The lowest BCUT2D eigenvalue weighted by Gasteiger charge is -2.05. The molecule has 0 N–H and O–H groups in total. The summed E-state index contributed by atoms with van der Waals surface area (Å²) in [5.74, 6) is 0.912. The maximum Gasteiger partial charge on any atom is 0.348 e. The van der Waals surface area contributed by atoms with Gasteiger partial charge in [0.05, 0.1) is 13.7 Å². The molecule has 0 aliphatic carbocycles. The molecule has 0 aromatic carbocycles. The van der Waals surface area contributed by atoms with E-state index >= 15 is 0 Å². The fraction of sp³-hybridized carbons (Fsp3) is 0.500. The zero-order chi connectivity index (χ0) is 10.6. The van der Waals surface area contributed by atoms with Crippen LogP contribution in [0, 0.1) is 5.92 Å². The molecule has 0 radical (unpaired) electrons. The molecule has 0 atom stereocenters. The van der Waals surface area contributed by atoms with Crippen molar-refractivity contribution in [3.05, 3.63) is 16.3 Å². The average molecular weight is 214 g/mol. The Morgan fingerprint density at radius 3 is 2.86 bits per heavy atom. The molecule has 1 heterocycles. The van der Waals surface area contributed by atoms with Gasteiger partial charge in [0.2, 0.25) is 0 Å². The van der Waals surface area contributed by atoms with Crippen LogP contribution in [0.1, 0.15) is 23.5 Å². The molecule has 4 heteroatoms. The van der Waals surface area contributed by atoms with Crippen molar-refractivity contribution in [2.24, 2.45) is 5.92 Å². The lowest BCUT2D eigenvalue weighted by Crippen LogP contribution is -2.03. The van der Waals surface area contributed by atoms with E-state index in [-0.39, 0.29) is 5.97 Å². The summed E-state index contributed by atoms with van der Waals surface area (Å²) in [6, 6.07) is 1.71. The molecule has 0 spiro atoms. The summed E-state index contributed by atoms with van der Waals surface area (Å²) in [5, 5.41) is 1.81. The van der Waals surface area contributed by atoms with Crippen molar-refractivity contribution in [2.75, 3.05) is 13.7 Å². The van der Waals surface area contributed by atoms with Gasteiger partial charge in [-0.05, 0) is 5.92 Å². The lowest BCUT2D eigenvalue weighted by atomic mass is 10.2. The van der Waals surface area contributed by atoms with Crippen LogP contribution in [-0.4, -0.2) is 19.7 Å². The minimum absolute atomic E-state index is 0.311. The third-order valence-corrected chi connectivity index (χ3v) is 2.43. The number of carbonyl (C=O) groups is 1. The van der Waals surface area contributed by atoms with Crippen LogP contribution in [0.2, 0.25) is 0 Å². The van der Waals surface area contributed by atoms with Crippen LogP contribution in [0.5, 0.6) is 5.75 Å². The quantitative estimate of drug-likeness (QED) is 0.723. The highest BCUT2D eigenvalue weighted by Crippen LogP contribution is 2.22. The van der Waals surface area contributed by atoms with Crippen molar-refractivity contribution >= 4 is 17.3 Å². The summed E-state index contributed by atoms with van der Waals surface area (Å²) in [4.78, 5) is 11.7. The van der Waals surface area contributed by atoms with Crippen molar-refractivity contribution in [1.82, 2.24) is 0 Å². The molecule has 0 bridgehead atoms. The van der Waals surface area contributed by atoms with Gasteiger partial charge < -0.3 is 9.47 Å². The van der Waals surface area contributed by atoms with E-state index in [1.54, 1.807) is 6.07 Å². The highest BCUT2D eigenvalue weighted by molar-refractivity contribution is 7.12. The summed E-state index contributed by atoms with van der Waals surface area (Å²) >= 11 is 1.33. The van der Waals surface area contributed by atoms with Gasteiger partial charge in [0.15, 0.2) is 0 Å². The second-order valence-corrected chi connectivity index (χ2v) is 4.25. The Labute approximate surface area is 87.7 Å². The second-order valence-electron chi connectivity index (χ2n) is 3.34. The Balaban J connectivity index is 2.55. The third kappa shape index (κ3) is 3.03. The van der Waals surface area contributed by atoms with E-state index < -0.39 is 0 Å². The first-order valence-corrected chi connectivity index (χ1v) is 5.31. The van der Waals surface area contributed by atoms with Crippen LogP contribution < -0.4 is 4.74 Å². The smallest absolute Gasteiger partial charge is 0.348 e. The molecule has 0 saturated carbocycles. The molecule has 78 valence electrons. The standard InChI is InChI=1S/C10H14O3S/c1-7(2)5-13-8-4-9(14-6-8)10(11)12-3/h4,6-7H,5H2,1-3H3. The number of ether oxygens (including phenoxy) is 2. The molecular formula is C10H14O3S. The van der Waals surface area contributed by atoms with E-state index in [0.717, 1.165) is 5.75 Å². The van der Waals surface area contributed by atoms with Crippen molar-refractivity contribution in [1.29, 1.82) is 0 Å². The van der Waals surface area contributed by atoms with E-state index in [1.165, 1.54) is 18.4 Å². The van der Waals surface area contributed by atoms with E-state index in [4.69, 9.17) is 4.74 Å². The first-order chi connectivity index (χ1) is 6.63. The lowest BCUT2D eigenvalue weighted by molar-refractivity contribution is 0.0606. The number of methoxy groups -OCH3 is 1. The maximum atomic E-state index is 11.1. The van der Waals surface area contributed by atoms with Gasteiger partial charge >= 0.3 is 5.97 Å². The summed E-state index contributed by atoms with van der Waals surface area (Å²) in [6.07, 6.45) is 0. The Hall–Kier alpha value is -1.03. The summed E-state index contributed by atoms with van der Waals surface area (Å²) in [5.41, 5.74) is 0. The molecule has 14 heavy (non-hydrogen) atoms. The molecule has 3 nitrogen and oxygen atoms in total. The van der Waals surface area contributed by atoms with E-state index in [2.05, 4.69) is 18.6 Å². The molecule has 0 fully saturated rings. The van der Waals surface area contributed by atoms with E-state index in [1.807, 2.05) is 5.38 Å². The minimum Gasteiger partial charge on any atom is -0.492 e. The molecule has 1 aromatic rings. The normalized spacial score (nSPS) is 10.3. The van der Waals surface area contributed by atoms with Crippen LogP contribution in [-0.2, 0) is 4.74 Å². The zero-order valence-electron chi connectivity index (χ0n) is 8.57. The monoisotopic (exact) mass is 214 g/mol. The number of esters is 1. The molecule has 0 amide bonds. The van der Waals surface area contributed by atoms with Gasteiger partial charge in [-0.2, -0.15) is 0 Å². The molecular weight excluding hydrogens is 200 g/mol. The first-order valence-electron chi connectivity index (χ1n) is 4.43. The van der Waals surface area contributed by atoms with Crippen LogP contribution in [0.4, 0.5) is 0 Å². The predicted octanol–water partition coefficient (Wildman–Crippen LogP) is 2.57. The second kappa shape index (κ2) is 5.00. The molecule has 0 saturated heterocycles. The molecule has 0 unspecified atom stereocenters. The Morgan fingerprint density at radius 2 is 2.29 bits per heavy atom. The van der Waals surface area contributed by atoms with Crippen molar-refractivity contribution < 1.29 is 14.3 Å². The molecule has 1 rings (SSSR count). The fourth-order valence-electron chi connectivity index (χ4n) is 0.865. The first kappa shape index (κ1) is 11.0. The fourth-order valence-corrected chi connectivity index (χ4v) is 1.61. The van der Waals surface area contributed by atoms with Gasteiger partial charge in [-0.15, -0.1) is 11.3 Å². The number of carbonyl (C=O) groups excluding carboxylic acids is 1. The van der Waals surface area contributed by atoms with Gasteiger partial charge in [0, 0.05) is 11.4 Å². The SMILES string of the molecule is COC(=O)c1cc(OCC(C)C)cs1. The average Bonchev–Trinajstić information content (AvgIpc) is 2.62. The largest absolute Gasteiger partial charge is 0.492 e. The molecule has 0 aliphatic heterocycles. The number of hydrogen-bond acceptors (Lipinski definition) is 4. The van der Waals surface area contributed by atoms with Gasteiger partial charge in [-0.25, -0.2) is 4.79 Å². The number of rotatable bonds is 4. The van der Waals surface area contributed by atoms with Crippen LogP contribution >= 0.6 is 11.3 Å². The molecule has 1 aromatic heterocycles. The van der Waals surface area contributed by atoms with Crippen molar-refractivity contribution in [3.8, 4) is 5.75 Å². The third-order valence-electron chi connectivity index (χ3n) is 1.55.